The normalized spacial score (nSPS) is 11.9. The average Bonchev–Trinajstić information content (AvgIpc) is 2.86. The molecule has 3 rings (SSSR count). The van der Waals surface area contributed by atoms with Crippen LogP contribution in [0.25, 0.3) is 0 Å². The van der Waals surface area contributed by atoms with Crippen LogP contribution in [-0.2, 0) is 4.74 Å². The topological polar surface area (TPSA) is 50.7 Å². The number of rotatable bonds is 6. The number of hydrogen-bond donors (Lipinski definition) is 1. The van der Waals surface area contributed by atoms with Gasteiger partial charge in [0.15, 0.2) is 0 Å². The molecule has 0 bridgehead atoms. The SMILES string of the molecule is CC.CCCC1=Nc2cc(C(=O)NCCOC)ccc2Sc2ccccc21. The first-order chi connectivity index (χ1) is 13.2. The van der Waals surface area contributed by atoms with Crippen molar-refractivity contribution in [3.8, 4) is 0 Å². The highest BCUT2D eigenvalue weighted by Crippen LogP contribution is 2.41. The summed E-state index contributed by atoms with van der Waals surface area (Å²) in [6, 6.07) is 14.1. The molecule has 144 valence electrons. The summed E-state index contributed by atoms with van der Waals surface area (Å²) in [6.45, 7) is 7.15. The smallest absolute Gasteiger partial charge is 0.251 e. The number of hydrogen-bond acceptors (Lipinski definition) is 4. The van der Waals surface area contributed by atoms with Crippen LogP contribution in [0.2, 0.25) is 0 Å². The molecule has 1 heterocycles. The van der Waals surface area contributed by atoms with Crippen LogP contribution in [0.15, 0.2) is 57.2 Å². The molecule has 0 spiro atoms. The maximum atomic E-state index is 12.3. The fourth-order valence-electron chi connectivity index (χ4n) is 2.75. The van der Waals surface area contributed by atoms with Crippen molar-refractivity contribution in [2.45, 2.75) is 43.4 Å². The second-order valence-corrected chi connectivity index (χ2v) is 6.92. The van der Waals surface area contributed by atoms with Crippen LogP contribution in [0.4, 0.5) is 5.69 Å². The summed E-state index contributed by atoms with van der Waals surface area (Å²) in [6.07, 6.45) is 1.95. The quantitative estimate of drug-likeness (QED) is 0.672. The van der Waals surface area contributed by atoms with Gasteiger partial charge in [-0.2, -0.15) is 0 Å². The summed E-state index contributed by atoms with van der Waals surface area (Å²) in [5, 5.41) is 2.86. The maximum Gasteiger partial charge on any atom is 0.251 e. The predicted molar refractivity (Wildman–Crippen MR) is 114 cm³/mol. The van der Waals surface area contributed by atoms with E-state index in [1.807, 2.05) is 32.0 Å². The first-order valence-corrected chi connectivity index (χ1v) is 10.3. The number of methoxy groups -OCH3 is 1. The molecule has 0 radical (unpaired) electrons. The molecule has 1 aliphatic rings. The summed E-state index contributed by atoms with van der Waals surface area (Å²) in [5.74, 6) is -0.0983. The van der Waals surface area contributed by atoms with Crippen molar-refractivity contribution >= 4 is 29.1 Å². The van der Waals surface area contributed by atoms with E-state index < -0.39 is 0 Å². The molecule has 0 unspecified atom stereocenters. The van der Waals surface area contributed by atoms with Gasteiger partial charge in [0, 0.05) is 40.3 Å². The highest BCUT2D eigenvalue weighted by Gasteiger charge is 2.18. The van der Waals surface area contributed by atoms with Crippen LogP contribution in [-0.4, -0.2) is 31.9 Å². The van der Waals surface area contributed by atoms with Crippen LogP contribution >= 0.6 is 11.8 Å². The van der Waals surface area contributed by atoms with Gasteiger partial charge < -0.3 is 10.1 Å². The summed E-state index contributed by atoms with van der Waals surface area (Å²) in [4.78, 5) is 19.5. The fraction of sp³-hybridized carbons (Fsp3) is 0.364. The van der Waals surface area contributed by atoms with Crippen molar-refractivity contribution in [1.29, 1.82) is 0 Å². The first kappa shape index (κ1) is 21.2. The van der Waals surface area contributed by atoms with Crippen molar-refractivity contribution < 1.29 is 9.53 Å². The number of benzene rings is 2. The van der Waals surface area contributed by atoms with Gasteiger partial charge >= 0.3 is 0 Å². The van der Waals surface area contributed by atoms with E-state index >= 15 is 0 Å². The fourth-order valence-corrected chi connectivity index (χ4v) is 3.77. The predicted octanol–water partition coefficient (Wildman–Crippen LogP) is 5.47. The van der Waals surface area contributed by atoms with Gasteiger partial charge in [-0.25, -0.2) is 0 Å². The lowest BCUT2D eigenvalue weighted by Gasteiger charge is -2.08. The number of amides is 1. The monoisotopic (exact) mass is 384 g/mol. The Balaban J connectivity index is 0.00000126. The van der Waals surface area contributed by atoms with E-state index in [9.17, 15) is 4.79 Å². The third-order valence-corrected chi connectivity index (χ3v) is 5.11. The summed E-state index contributed by atoms with van der Waals surface area (Å²) < 4.78 is 4.97. The van der Waals surface area contributed by atoms with Crippen LogP contribution in [0, 0.1) is 0 Å². The van der Waals surface area contributed by atoms with E-state index in [1.54, 1.807) is 18.9 Å². The third kappa shape index (κ3) is 5.44. The van der Waals surface area contributed by atoms with Crippen LogP contribution < -0.4 is 5.32 Å². The minimum absolute atomic E-state index is 0.0983. The third-order valence-electron chi connectivity index (χ3n) is 3.97. The van der Waals surface area contributed by atoms with Crippen molar-refractivity contribution in [3.63, 3.8) is 0 Å². The van der Waals surface area contributed by atoms with E-state index in [0.717, 1.165) is 29.1 Å². The van der Waals surface area contributed by atoms with Gasteiger partial charge in [-0.05, 0) is 30.7 Å². The number of carbonyl (C=O) groups is 1. The number of nitrogens with zero attached hydrogens (tertiary/aromatic N) is 1. The minimum Gasteiger partial charge on any atom is -0.383 e. The highest BCUT2D eigenvalue weighted by atomic mass is 32.2. The first-order valence-electron chi connectivity index (χ1n) is 9.49. The van der Waals surface area contributed by atoms with Gasteiger partial charge in [0.2, 0.25) is 0 Å². The van der Waals surface area contributed by atoms with Crippen molar-refractivity contribution in [2.75, 3.05) is 20.3 Å². The zero-order valence-corrected chi connectivity index (χ0v) is 17.4. The minimum atomic E-state index is -0.0983. The molecule has 0 saturated carbocycles. The second kappa shape index (κ2) is 10.9. The number of nitrogens with one attached hydrogen (secondary N) is 1. The van der Waals surface area contributed by atoms with Gasteiger partial charge in [-0.1, -0.05) is 57.2 Å². The zero-order chi connectivity index (χ0) is 19.6. The Morgan fingerprint density at radius 1 is 1.15 bits per heavy atom. The molecule has 0 aliphatic carbocycles. The lowest BCUT2D eigenvalue weighted by Crippen LogP contribution is -2.26. The van der Waals surface area contributed by atoms with Crippen LogP contribution in [0.5, 0.6) is 0 Å². The molecule has 5 heteroatoms. The van der Waals surface area contributed by atoms with Crippen LogP contribution in [0.1, 0.15) is 49.5 Å². The molecular weight excluding hydrogens is 356 g/mol. The molecule has 1 amide bonds. The van der Waals surface area contributed by atoms with Gasteiger partial charge in [0.05, 0.1) is 12.3 Å². The molecule has 1 N–H and O–H groups in total. The van der Waals surface area contributed by atoms with Gasteiger partial charge in [-0.3, -0.25) is 9.79 Å². The van der Waals surface area contributed by atoms with E-state index in [-0.39, 0.29) is 5.91 Å². The van der Waals surface area contributed by atoms with E-state index in [1.165, 1.54) is 10.5 Å². The molecule has 2 aromatic rings. The van der Waals surface area contributed by atoms with E-state index in [4.69, 9.17) is 9.73 Å². The molecule has 0 fully saturated rings. The Morgan fingerprint density at radius 2 is 1.93 bits per heavy atom. The van der Waals surface area contributed by atoms with Crippen molar-refractivity contribution in [1.82, 2.24) is 5.32 Å². The van der Waals surface area contributed by atoms with Crippen molar-refractivity contribution in [2.24, 2.45) is 4.99 Å². The number of carbonyl (C=O) groups excluding carboxylic acids is 1. The van der Waals surface area contributed by atoms with E-state index in [0.29, 0.717) is 18.7 Å². The highest BCUT2D eigenvalue weighted by molar-refractivity contribution is 7.99. The molecule has 27 heavy (non-hydrogen) atoms. The molecule has 0 saturated heterocycles. The summed E-state index contributed by atoms with van der Waals surface area (Å²) in [7, 11) is 1.62. The molecule has 0 atom stereocenters. The lowest BCUT2D eigenvalue weighted by atomic mass is 10.1. The Hall–Kier alpha value is -2.11. The molecule has 2 aromatic carbocycles. The standard InChI is InChI=1S/C20H22N2O2S.C2H6/c1-3-6-16-15-7-4-5-8-18(15)25-19-10-9-14(13-17(19)22-16)20(23)21-11-12-24-2;1-2/h4-5,7-10,13H,3,6,11-12H2,1-2H3,(H,21,23);1-2H3. The average molecular weight is 385 g/mol. The van der Waals surface area contributed by atoms with Crippen LogP contribution in [0.3, 0.4) is 0 Å². The van der Waals surface area contributed by atoms with Gasteiger partial charge in [0.25, 0.3) is 5.91 Å². The Labute approximate surface area is 166 Å². The molecule has 0 aromatic heterocycles. The van der Waals surface area contributed by atoms with Gasteiger partial charge in [0.1, 0.15) is 0 Å². The summed E-state index contributed by atoms with van der Waals surface area (Å²) >= 11 is 1.71. The lowest BCUT2D eigenvalue weighted by molar-refractivity contribution is 0.0937. The van der Waals surface area contributed by atoms with E-state index in [2.05, 4.69) is 36.5 Å². The second-order valence-electron chi connectivity index (χ2n) is 5.84. The summed E-state index contributed by atoms with van der Waals surface area (Å²) in [5.41, 5.74) is 3.77. The largest absolute Gasteiger partial charge is 0.383 e. The number of fused-ring (bicyclic) bond motifs is 2. The number of ether oxygens (including phenoxy) is 1. The molecular formula is C22H28N2O2S. The molecule has 4 nitrogen and oxygen atoms in total. The zero-order valence-electron chi connectivity index (χ0n) is 16.5. The Bertz CT molecular complexity index is 803. The molecule has 1 aliphatic heterocycles. The Kier molecular flexibility index (Phi) is 8.55. The van der Waals surface area contributed by atoms with Crippen molar-refractivity contribution in [3.05, 3.63) is 53.6 Å². The Morgan fingerprint density at radius 3 is 2.67 bits per heavy atom. The van der Waals surface area contributed by atoms with Gasteiger partial charge in [-0.15, -0.1) is 0 Å². The number of aliphatic imine (C=N–C) groups is 1. The maximum absolute atomic E-state index is 12.3.